The van der Waals surface area contributed by atoms with Crippen LogP contribution in [-0.4, -0.2) is 112 Å². The Hall–Kier alpha value is -7.99. The van der Waals surface area contributed by atoms with E-state index in [1.54, 1.807) is 62.4 Å². The third-order valence-electron chi connectivity index (χ3n) is 13.9. The highest BCUT2D eigenvalue weighted by Crippen LogP contribution is 2.48. The first kappa shape index (κ1) is 60.1. The molecular formula is C57H64ClF3N12O8S. The van der Waals surface area contributed by atoms with E-state index >= 15 is 0 Å². The molecule has 25 heteroatoms. The number of anilines is 5. The Morgan fingerprint density at radius 2 is 1.29 bits per heavy atom. The molecule has 2 saturated heterocycles. The Balaban J connectivity index is 0.700. The molecule has 3 fully saturated rings. The molecule has 2 aliphatic heterocycles. The fourth-order valence-corrected chi connectivity index (χ4v) is 10.8. The summed E-state index contributed by atoms with van der Waals surface area (Å²) in [5, 5.41) is 26.7. The van der Waals surface area contributed by atoms with Crippen LogP contribution in [0.15, 0.2) is 97.1 Å². The molecule has 1 aliphatic carbocycles. The summed E-state index contributed by atoms with van der Waals surface area (Å²) < 4.78 is 44.0. The molecule has 8 rings (SSSR count). The van der Waals surface area contributed by atoms with Crippen LogP contribution in [0.1, 0.15) is 110 Å². The van der Waals surface area contributed by atoms with Gasteiger partial charge in [-0.15, -0.1) is 0 Å². The van der Waals surface area contributed by atoms with Gasteiger partial charge in [0.25, 0.3) is 5.91 Å². The van der Waals surface area contributed by atoms with Crippen LogP contribution in [0.2, 0.25) is 5.02 Å². The minimum Gasteiger partial charge on any atom is -0.454 e. The fraction of sp³-hybridized carbons (Fsp3) is 0.404. The lowest BCUT2D eigenvalue weighted by molar-refractivity contribution is -0.154. The van der Waals surface area contributed by atoms with E-state index in [1.165, 1.54) is 36.4 Å². The molecule has 5 aromatic rings. The van der Waals surface area contributed by atoms with Gasteiger partial charge in [0.05, 0.1) is 17.6 Å². The molecule has 82 heavy (non-hydrogen) atoms. The van der Waals surface area contributed by atoms with E-state index in [9.17, 15) is 46.7 Å². The van der Waals surface area contributed by atoms with Crippen molar-refractivity contribution in [2.45, 2.75) is 107 Å². The summed E-state index contributed by atoms with van der Waals surface area (Å²) in [6.45, 7) is 2.62. The molecule has 1 saturated carbocycles. The number of benzene rings is 4. The van der Waals surface area contributed by atoms with Crippen molar-refractivity contribution in [1.82, 2.24) is 41.5 Å². The van der Waals surface area contributed by atoms with Crippen molar-refractivity contribution in [2.75, 3.05) is 53.3 Å². The number of carbonyl (C=O) groups is 7. The first-order valence-corrected chi connectivity index (χ1v) is 28.4. The molecule has 20 nitrogen and oxygen atoms in total. The highest BCUT2D eigenvalue weighted by Gasteiger charge is 2.45. The van der Waals surface area contributed by atoms with Gasteiger partial charge in [-0.1, -0.05) is 50.4 Å². The van der Waals surface area contributed by atoms with E-state index in [0.29, 0.717) is 71.4 Å². The minimum absolute atomic E-state index is 0.0129. The SMILES string of the molecule is CC(C)(CNC(=O)C(=O)Nc1ccc(C(=O)c2ccc(NC(=O)CCCCCNC(=O)CCCC[C@H]3SC[C@@H]4NC(=O)N[C@@H]43)cc2)cc1)CNC(=O)c1ccc(Nc2nc(NC3(c4ccc(Cl)cc4)CC3)nc(OCC(F)(F)F)n2)cc1. The monoisotopic (exact) mass is 1170 g/mol. The number of nitrogens with one attached hydrogen (secondary N) is 9. The number of hydrogen-bond acceptors (Lipinski definition) is 14. The van der Waals surface area contributed by atoms with Gasteiger partial charge in [0, 0.05) is 82.3 Å². The van der Waals surface area contributed by atoms with Crippen LogP contribution in [-0.2, 0) is 24.7 Å². The Bertz CT molecular complexity index is 3100. The number of halogens is 4. The Kier molecular flexibility index (Phi) is 19.9. The van der Waals surface area contributed by atoms with Crippen LogP contribution in [0.25, 0.3) is 0 Å². The maximum Gasteiger partial charge on any atom is 0.422 e. The number of aromatic nitrogens is 3. The van der Waals surface area contributed by atoms with Gasteiger partial charge in [-0.2, -0.15) is 39.9 Å². The van der Waals surface area contributed by atoms with E-state index in [2.05, 4.69) is 62.8 Å². The number of carbonyl (C=O) groups excluding carboxylic acids is 7. The van der Waals surface area contributed by atoms with Crippen molar-refractivity contribution in [3.05, 3.63) is 124 Å². The van der Waals surface area contributed by atoms with E-state index in [-0.39, 0.29) is 71.9 Å². The fourth-order valence-electron chi connectivity index (χ4n) is 9.16. The number of thioether (sulfide) groups is 1. The summed E-state index contributed by atoms with van der Waals surface area (Å²) in [4.78, 5) is 101. The molecule has 0 spiro atoms. The van der Waals surface area contributed by atoms with Crippen LogP contribution in [0.3, 0.4) is 0 Å². The third kappa shape index (κ3) is 17.8. The van der Waals surface area contributed by atoms with E-state index in [1.807, 2.05) is 23.9 Å². The van der Waals surface area contributed by atoms with Crippen LogP contribution in [0.4, 0.5) is 46.9 Å². The van der Waals surface area contributed by atoms with E-state index in [0.717, 1.165) is 43.4 Å². The van der Waals surface area contributed by atoms with Gasteiger partial charge in [0.1, 0.15) is 0 Å². The summed E-state index contributed by atoms with van der Waals surface area (Å²) in [7, 11) is 0. The number of rotatable bonds is 27. The molecule has 9 N–H and O–H groups in total. The summed E-state index contributed by atoms with van der Waals surface area (Å²) in [5.74, 6) is -1.94. The number of ketones is 1. The summed E-state index contributed by atoms with van der Waals surface area (Å²) in [5.41, 5.74) is 1.84. The molecule has 3 atom stereocenters. The van der Waals surface area contributed by atoms with Crippen LogP contribution in [0, 0.1) is 5.41 Å². The summed E-state index contributed by atoms with van der Waals surface area (Å²) in [6, 6.07) is 25.6. The quantitative estimate of drug-likeness (QED) is 0.0103. The van der Waals surface area contributed by atoms with Crippen LogP contribution >= 0.6 is 23.4 Å². The molecule has 0 unspecified atom stereocenters. The molecule has 0 radical (unpaired) electrons. The smallest absolute Gasteiger partial charge is 0.422 e. The van der Waals surface area contributed by atoms with Gasteiger partial charge in [-0.25, -0.2) is 4.79 Å². The number of alkyl halides is 3. The van der Waals surface area contributed by atoms with E-state index in [4.69, 9.17) is 16.3 Å². The van der Waals surface area contributed by atoms with Crippen molar-refractivity contribution in [3.8, 4) is 6.01 Å². The minimum atomic E-state index is -4.64. The molecule has 0 bridgehead atoms. The zero-order chi connectivity index (χ0) is 58.4. The Morgan fingerprint density at radius 1 is 0.683 bits per heavy atom. The Morgan fingerprint density at radius 3 is 1.96 bits per heavy atom. The van der Waals surface area contributed by atoms with Gasteiger partial charge >= 0.3 is 30.0 Å². The highest BCUT2D eigenvalue weighted by atomic mass is 35.5. The topological polar surface area (TPSA) is 276 Å². The maximum absolute atomic E-state index is 13.3. The Labute approximate surface area is 480 Å². The predicted octanol–water partition coefficient (Wildman–Crippen LogP) is 8.39. The van der Waals surface area contributed by atoms with Crippen LogP contribution in [0.5, 0.6) is 6.01 Å². The van der Waals surface area contributed by atoms with E-state index < -0.39 is 47.5 Å². The lowest BCUT2D eigenvalue weighted by atomic mass is 9.93. The first-order chi connectivity index (χ1) is 39.2. The number of fused-ring (bicyclic) bond motifs is 1. The second-order valence-electron chi connectivity index (χ2n) is 21.1. The van der Waals surface area contributed by atoms with Gasteiger partial charge in [-0.05, 0) is 134 Å². The molecule has 3 heterocycles. The molecule has 4 aromatic carbocycles. The van der Waals surface area contributed by atoms with Crippen molar-refractivity contribution in [2.24, 2.45) is 5.41 Å². The van der Waals surface area contributed by atoms with Gasteiger partial charge in [-0.3, -0.25) is 28.8 Å². The first-order valence-electron chi connectivity index (χ1n) is 26.9. The zero-order valence-corrected chi connectivity index (χ0v) is 46.7. The van der Waals surface area contributed by atoms with Gasteiger partial charge < -0.3 is 52.6 Å². The van der Waals surface area contributed by atoms with Crippen LogP contribution < -0.4 is 52.6 Å². The molecule has 7 amide bonds. The molecule has 1 aromatic heterocycles. The largest absolute Gasteiger partial charge is 0.454 e. The second-order valence-corrected chi connectivity index (χ2v) is 22.8. The molecular weight excluding hydrogens is 1110 g/mol. The lowest BCUT2D eigenvalue weighted by Gasteiger charge is -2.25. The predicted molar refractivity (Wildman–Crippen MR) is 305 cm³/mol. The summed E-state index contributed by atoms with van der Waals surface area (Å²) in [6.07, 6.45) is 2.42. The zero-order valence-electron chi connectivity index (χ0n) is 45.1. The second kappa shape index (κ2) is 27.2. The molecule has 434 valence electrons. The number of ether oxygens (including phenoxy) is 1. The number of nitrogens with zero attached hydrogens (tertiary/aromatic N) is 3. The van der Waals surface area contributed by atoms with Gasteiger partial charge in [0.2, 0.25) is 23.7 Å². The van der Waals surface area contributed by atoms with Crippen molar-refractivity contribution in [1.29, 1.82) is 0 Å². The summed E-state index contributed by atoms with van der Waals surface area (Å²) >= 11 is 7.93. The highest BCUT2D eigenvalue weighted by molar-refractivity contribution is 8.00. The van der Waals surface area contributed by atoms with Gasteiger partial charge in [0.15, 0.2) is 12.4 Å². The van der Waals surface area contributed by atoms with Crippen molar-refractivity contribution < 1.29 is 51.5 Å². The maximum atomic E-state index is 13.3. The average molecular weight is 1170 g/mol. The standard InChI is InChI=1S/C57H64ClF3N12O8S/c1-55(2,31-63-48(77)36-15-25-41(26-16-36)67-51-70-52(72-54(71-51)81-33-57(59,60)61)73-56(27-28-56)37-17-19-38(58)20-18-37)32-64-49(78)50(79)66-40-23-13-35(14-24-40)47(76)34-11-21-39(22-12-34)65-45(75)10-4-3-7-29-62-44(74)9-6-5-8-43-46-42(30-82-43)68-53(80)69-46/h11-26,42-43,46H,3-10,27-33H2,1-2H3,(H,62,74)(H,63,77)(H,64,78)(H,65,75)(H,66,79)(H2,68,69,80)(H2,67,70,71,72,73)/t42-,43+,46-/m0/s1. The number of hydrogen-bond donors (Lipinski definition) is 9. The normalized spacial score (nSPS) is 16.8. The third-order valence-corrected chi connectivity index (χ3v) is 15.6. The number of amides is 7. The number of unbranched alkanes of at least 4 members (excludes halogenated alkanes) is 3. The lowest BCUT2D eigenvalue weighted by Crippen LogP contribution is -2.44. The van der Waals surface area contributed by atoms with Crippen molar-refractivity contribution >= 4 is 93.7 Å². The van der Waals surface area contributed by atoms with Crippen molar-refractivity contribution in [3.63, 3.8) is 0 Å². The average Bonchev–Trinajstić information content (AvgIpc) is 4.19. The number of urea groups is 1. The molecule has 3 aliphatic rings.